The van der Waals surface area contributed by atoms with Crippen molar-refractivity contribution in [1.29, 1.82) is 0 Å². The molecule has 3 rings (SSSR count). The highest BCUT2D eigenvalue weighted by Crippen LogP contribution is 2.23. The molecule has 3 N–H and O–H groups in total. The van der Waals surface area contributed by atoms with Crippen molar-refractivity contribution in [3.05, 3.63) is 35.9 Å². The van der Waals surface area contributed by atoms with Crippen LogP contribution in [0.2, 0.25) is 0 Å². The molecule has 0 unspecified atom stereocenters. The molecule has 1 aliphatic heterocycles. The van der Waals surface area contributed by atoms with Crippen molar-refractivity contribution in [1.82, 2.24) is 20.2 Å². The van der Waals surface area contributed by atoms with Crippen LogP contribution in [0.5, 0.6) is 5.88 Å². The number of nitrogen functional groups attached to an aromatic ring is 1. The average molecular weight is 383 g/mol. The molecular weight excluding hydrogens is 358 g/mol. The quantitative estimate of drug-likeness (QED) is 0.834. The number of nitrogens with two attached hydrogens (primary N) is 1. The second-order valence-electron chi connectivity index (χ2n) is 7.10. The van der Waals surface area contributed by atoms with Crippen LogP contribution >= 0.6 is 0 Å². The number of hydrogen-bond acceptors (Lipinski definition) is 6. The summed E-state index contributed by atoms with van der Waals surface area (Å²) in [5, 5.41) is 2.81. The van der Waals surface area contributed by atoms with Gasteiger partial charge in [-0.15, -0.1) is 0 Å². The van der Waals surface area contributed by atoms with Crippen LogP contribution in [0.15, 0.2) is 30.3 Å². The molecule has 2 aromatic rings. The van der Waals surface area contributed by atoms with E-state index in [-0.39, 0.29) is 29.9 Å². The van der Waals surface area contributed by atoms with Crippen molar-refractivity contribution < 1.29 is 14.3 Å². The molecule has 2 heterocycles. The summed E-state index contributed by atoms with van der Waals surface area (Å²) in [7, 11) is 0. The fourth-order valence-electron chi connectivity index (χ4n) is 3.05. The standard InChI is InChI=1S/C20H25N5O3/c1-12(2)28-18-10-16(23-20(21)24-18)14-4-6-15(7-5-14)19(27)25-9-8-17(26)22-11-13(25)3/h4-7,10,12-13H,8-9,11H2,1-3H3,(H,22,26)(H2,21,23,24)/t13-/m0/s1. The number of anilines is 1. The van der Waals surface area contributed by atoms with Crippen molar-refractivity contribution in [2.75, 3.05) is 18.8 Å². The maximum atomic E-state index is 12.9. The van der Waals surface area contributed by atoms with E-state index in [1.54, 1.807) is 23.1 Å². The Balaban J connectivity index is 1.80. The molecule has 0 aliphatic carbocycles. The van der Waals surface area contributed by atoms with Gasteiger partial charge in [-0.1, -0.05) is 12.1 Å². The normalized spacial score (nSPS) is 17.2. The van der Waals surface area contributed by atoms with E-state index in [1.165, 1.54) is 0 Å². The van der Waals surface area contributed by atoms with E-state index in [1.807, 2.05) is 32.9 Å². The van der Waals surface area contributed by atoms with Gasteiger partial charge in [-0.2, -0.15) is 4.98 Å². The number of ether oxygens (including phenoxy) is 1. The first-order valence-corrected chi connectivity index (χ1v) is 9.33. The van der Waals surface area contributed by atoms with Crippen LogP contribution in [0.4, 0.5) is 5.95 Å². The largest absolute Gasteiger partial charge is 0.475 e. The topological polar surface area (TPSA) is 110 Å². The number of hydrogen-bond donors (Lipinski definition) is 2. The molecule has 0 spiro atoms. The molecule has 1 fully saturated rings. The van der Waals surface area contributed by atoms with Gasteiger partial charge in [-0.25, -0.2) is 4.98 Å². The third kappa shape index (κ3) is 4.57. The van der Waals surface area contributed by atoms with Gasteiger partial charge in [0.1, 0.15) is 0 Å². The number of aromatic nitrogens is 2. The summed E-state index contributed by atoms with van der Waals surface area (Å²) in [6, 6.07) is 8.81. The highest BCUT2D eigenvalue weighted by atomic mass is 16.5. The Morgan fingerprint density at radius 3 is 2.68 bits per heavy atom. The SMILES string of the molecule is CC(C)Oc1cc(-c2ccc(C(=O)N3CCC(=O)NC[C@@H]3C)cc2)nc(N)n1. The first-order chi connectivity index (χ1) is 13.3. The van der Waals surface area contributed by atoms with Gasteiger partial charge in [0.15, 0.2) is 0 Å². The molecule has 1 aromatic carbocycles. The van der Waals surface area contributed by atoms with Gasteiger partial charge in [-0.3, -0.25) is 9.59 Å². The van der Waals surface area contributed by atoms with Gasteiger partial charge < -0.3 is 20.7 Å². The van der Waals surface area contributed by atoms with E-state index < -0.39 is 0 Å². The molecule has 0 bridgehead atoms. The van der Waals surface area contributed by atoms with Crippen molar-refractivity contribution in [2.45, 2.75) is 39.3 Å². The van der Waals surface area contributed by atoms with E-state index in [0.29, 0.717) is 36.6 Å². The summed E-state index contributed by atoms with van der Waals surface area (Å²) in [5.74, 6) is 0.414. The van der Waals surface area contributed by atoms with Crippen molar-refractivity contribution in [3.8, 4) is 17.1 Å². The van der Waals surface area contributed by atoms with E-state index >= 15 is 0 Å². The van der Waals surface area contributed by atoms with E-state index in [9.17, 15) is 9.59 Å². The van der Waals surface area contributed by atoms with Crippen molar-refractivity contribution in [2.24, 2.45) is 0 Å². The average Bonchev–Trinajstić information content (AvgIpc) is 2.81. The van der Waals surface area contributed by atoms with Crippen LogP contribution in [0, 0.1) is 0 Å². The lowest BCUT2D eigenvalue weighted by Gasteiger charge is -2.26. The van der Waals surface area contributed by atoms with Crippen LogP contribution in [0.3, 0.4) is 0 Å². The Kier molecular flexibility index (Phi) is 5.77. The smallest absolute Gasteiger partial charge is 0.254 e. The van der Waals surface area contributed by atoms with Gasteiger partial charge in [0.05, 0.1) is 11.8 Å². The minimum atomic E-state index is -0.0958. The number of rotatable bonds is 4. The summed E-state index contributed by atoms with van der Waals surface area (Å²) in [6.07, 6.45) is 0.284. The molecule has 0 radical (unpaired) electrons. The number of nitrogens with one attached hydrogen (secondary N) is 1. The van der Waals surface area contributed by atoms with Gasteiger partial charge in [-0.05, 0) is 32.9 Å². The maximum absolute atomic E-state index is 12.9. The summed E-state index contributed by atoms with van der Waals surface area (Å²) in [4.78, 5) is 34.5. The van der Waals surface area contributed by atoms with Crippen LogP contribution in [-0.4, -0.2) is 51.9 Å². The predicted molar refractivity (Wildman–Crippen MR) is 106 cm³/mol. The summed E-state index contributed by atoms with van der Waals surface area (Å²) in [6.45, 7) is 6.61. The molecule has 148 valence electrons. The number of benzene rings is 1. The van der Waals surface area contributed by atoms with Crippen LogP contribution in [-0.2, 0) is 4.79 Å². The first-order valence-electron chi connectivity index (χ1n) is 9.33. The van der Waals surface area contributed by atoms with Gasteiger partial charge in [0, 0.05) is 42.7 Å². The lowest BCUT2D eigenvalue weighted by Crippen LogP contribution is -2.41. The molecule has 1 saturated heterocycles. The van der Waals surface area contributed by atoms with E-state index in [0.717, 1.165) is 5.56 Å². The van der Waals surface area contributed by atoms with Crippen molar-refractivity contribution in [3.63, 3.8) is 0 Å². The monoisotopic (exact) mass is 383 g/mol. The van der Waals surface area contributed by atoms with Gasteiger partial charge in [0.25, 0.3) is 5.91 Å². The molecule has 8 heteroatoms. The minimum absolute atomic E-state index is 0.0286. The zero-order valence-corrected chi connectivity index (χ0v) is 16.3. The highest BCUT2D eigenvalue weighted by Gasteiger charge is 2.25. The molecule has 1 aromatic heterocycles. The lowest BCUT2D eigenvalue weighted by molar-refractivity contribution is -0.120. The number of carbonyl (C=O) groups excluding carboxylic acids is 2. The minimum Gasteiger partial charge on any atom is -0.475 e. The second kappa shape index (κ2) is 8.24. The first kappa shape index (κ1) is 19.6. The molecule has 0 saturated carbocycles. The lowest BCUT2D eigenvalue weighted by atomic mass is 10.1. The Labute approximate surface area is 164 Å². The Hall–Kier alpha value is -3.16. The predicted octanol–water partition coefficient (Wildman–Crippen LogP) is 1.86. The number of amides is 2. The van der Waals surface area contributed by atoms with Crippen LogP contribution in [0.1, 0.15) is 37.6 Å². The van der Waals surface area contributed by atoms with E-state index in [4.69, 9.17) is 10.5 Å². The van der Waals surface area contributed by atoms with Crippen molar-refractivity contribution >= 4 is 17.8 Å². The van der Waals surface area contributed by atoms with Crippen LogP contribution < -0.4 is 15.8 Å². The number of nitrogens with zero attached hydrogens (tertiary/aromatic N) is 3. The fraction of sp³-hybridized carbons (Fsp3) is 0.400. The zero-order chi connectivity index (χ0) is 20.3. The third-order valence-electron chi connectivity index (χ3n) is 4.47. The fourth-order valence-corrected chi connectivity index (χ4v) is 3.05. The molecule has 28 heavy (non-hydrogen) atoms. The Morgan fingerprint density at radius 1 is 1.29 bits per heavy atom. The molecule has 2 amide bonds. The third-order valence-corrected chi connectivity index (χ3v) is 4.47. The summed E-state index contributed by atoms with van der Waals surface area (Å²) < 4.78 is 5.61. The summed E-state index contributed by atoms with van der Waals surface area (Å²) in [5.41, 5.74) is 7.78. The second-order valence-corrected chi connectivity index (χ2v) is 7.10. The highest BCUT2D eigenvalue weighted by molar-refractivity contribution is 5.95. The van der Waals surface area contributed by atoms with Gasteiger partial charge >= 0.3 is 0 Å². The molecule has 1 aliphatic rings. The van der Waals surface area contributed by atoms with E-state index in [2.05, 4.69) is 15.3 Å². The Bertz CT molecular complexity index is 867. The molecular formula is C20H25N5O3. The Morgan fingerprint density at radius 2 is 2.00 bits per heavy atom. The maximum Gasteiger partial charge on any atom is 0.254 e. The molecule has 1 atom stereocenters. The van der Waals surface area contributed by atoms with Gasteiger partial charge in [0.2, 0.25) is 17.7 Å². The molecule has 8 nitrogen and oxygen atoms in total. The summed E-state index contributed by atoms with van der Waals surface area (Å²) >= 11 is 0. The zero-order valence-electron chi connectivity index (χ0n) is 16.3. The number of carbonyl (C=O) groups is 2. The van der Waals surface area contributed by atoms with Crippen LogP contribution in [0.25, 0.3) is 11.3 Å².